The van der Waals surface area contributed by atoms with Crippen LogP contribution < -0.4 is 4.74 Å². The summed E-state index contributed by atoms with van der Waals surface area (Å²) >= 11 is 0. The van der Waals surface area contributed by atoms with E-state index in [-0.39, 0.29) is 5.54 Å². The van der Waals surface area contributed by atoms with Crippen LogP contribution in [0.25, 0.3) is 21.7 Å². The Kier molecular flexibility index (Phi) is 5.66. The summed E-state index contributed by atoms with van der Waals surface area (Å²) in [7, 11) is 0. The number of aromatic nitrogens is 1. The highest BCUT2D eigenvalue weighted by Gasteiger charge is 2.36. The molecule has 4 aromatic rings. The maximum absolute atomic E-state index is 10.7. The normalized spacial score (nSPS) is 19.9. The molecular weight excluding hydrogens is 396 g/mol. The average Bonchev–Trinajstić information content (AvgIpc) is 3.28. The zero-order valence-corrected chi connectivity index (χ0v) is 18.9. The van der Waals surface area contributed by atoms with Crippen molar-refractivity contribution in [2.75, 3.05) is 19.7 Å². The Hall–Kier alpha value is -2.82. The van der Waals surface area contributed by atoms with Gasteiger partial charge in [0.2, 0.25) is 0 Å². The fourth-order valence-corrected chi connectivity index (χ4v) is 5.21. The summed E-state index contributed by atoms with van der Waals surface area (Å²) in [5, 5.41) is 14.4. The molecule has 0 amide bonds. The van der Waals surface area contributed by atoms with Crippen molar-refractivity contribution in [1.82, 2.24) is 9.88 Å². The second kappa shape index (κ2) is 8.61. The molecule has 1 aromatic heterocycles. The average molecular weight is 429 g/mol. The smallest absolute Gasteiger partial charge is 0.128 e. The number of β-amino-alcohol motifs (C(OH)–C–C–N with tert-alkyl or cyclic N) is 1. The lowest BCUT2D eigenvalue weighted by atomic mass is 9.78. The summed E-state index contributed by atoms with van der Waals surface area (Å²) in [5.41, 5.74) is 2.50. The van der Waals surface area contributed by atoms with Crippen LogP contribution in [-0.4, -0.2) is 46.3 Å². The number of hydrogen-bond acceptors (Lipinski definition) is 3. The lowest BCUT2D eigenvalue weighted by Crippen LogP contribution is -2.52. The first-order valence-electron chi connectivity index (χ1n) is 11.6. The first-order valence-corrected chi connectivity index (χ1v) is 11.6. The van der Waals surface area contributed by atoms with Gasteiger partial charge >= 0.3 is 0 Å². The van der Waals surface area contributed by atoms with Gasteiger partial charge in [0.25, 0.3) is 0 Å². The maximum Gasteiger partial charge on any atom is 0.128 e. The summed E-state index contributed by atoms with van der Waals surface area (Å²) in [6, 6.07) is 23.4. The highest BCUT2D eigenvalue weighted by molar-refractivity contribution is 5.85. The second-order valence-electron chi connectivity index (χ2n) is 9.71. The van der Waals surface area contributed by atoms with E-state index in [1.165, 1.54) is 16.3 Å². The third kappa shape index (κ3) is 4.25. The molecule has 4 nitrogen and oxygen atoms in total. The van der Waals surface area contributed by atoms with Crippen LogP contribution in [0.1, 0.15) is 38.2 Å². The topological polar surface area (TPSA) is 48.5 Å². The molecule has 4 heteroatoms. The van der Waals surface area contributed by atoms with Crippen molar-refractivity contribution in [2.24, 2.45) is 0 Å². The van der Waals surface area contributed by atoms with E-state index in [2.05, 4.69) is 66.2 Å². The molecule has 2 N–H and O–H groups in total. The molecule has 1 aliphatic heterocycles. The van der Waals surface area contributed by atoms with Crippen LogP contribution >= 0.6 is 0 Å². The molecule has 0 radical (unpaired) electrons. The Labute approximate surface area is 189 Å². The van der Waals surface area contributed by atoms with Gasteiger partial charge in [0.15, 0.2) is 0 Å². The zero-order valence-electron chi connectivity index (χ0n) is 18.9. The van der Waals surface area contributed by atoms with Gasteiger partial charge in [-0.05, 0) is 73.7 Å². The Morgan fingerprint density at radius 3 is 2.75 bits per heavy atom. The molecule has 0 bridgehead atoms. The number of aliphatic hydroxyl groups excluding tert-OH is 1. The first-order chi connectivity index (χ1) is 15.5. The van der Waals surface area contributed by atoms with E-state index in [1.807, 2.05) is 30.5 Å². The number of hydrogen-bond donors (Lipinski definition) is 2. The molecule has 3 aromatic carbocycles. The number of ether oxygens (including phenoxy) is 1. The van der Waals surface area contributed by atoms with Gasteiger partial charge in [0.05, 0.1) is 0 Å². The summed E-state index contributed by atoms with van der Waals surface area (Å²) in [4.78, 5) is 5.63. The fraction of sp³-hybridized carbons (Fsp3) is 0.357. The summed E-state index contributed by atoms with van der Waals surface area (Å²) in [5.74, 6) is 1.36. The monoisotopic (exact) mass is 428 g/mol. The van der Waals surface area contributed by atoms with Gasteiger partial charge in [-0.2, -0.15) is 0 Å². The highest BCUT2D eigenvalue weighted by atomic mass is 16.5. The Bertz CT molecular complexity index is 1210. The van der Waals surface area contributed by atoms with Gasteiger partial charge in [0, 0.05) is 29.2 Å². The molecule has 2 unspecified atom stereocenters. The lowest BCUT2D eigenvalue weighted by molar-refractivity contribution is 0.00366. The van der Waals surface area contributed by atoms with Crippen LogP contribution in [0.15, 0.2) is 72.9 Å². The van der Waals surface area contributed by atoms with E-state index in [0.717, 1.165) is 36.0 Å². The van der Waals surface area contributed by atoms with E-state index in [0.29, 0.717) is 19.1 Å². The van der Waals surface area contributed by atoms with Gasteiger partial charge in [-0.1, -0.05) is 48.5 Å². The Morgan fingerprint density at radius 1 is 1.06 bits per heavy atom. The SMILES string of the molecule is CC1(C)CC(c2ccc3ccccc3c2)CCN1CC(O)COc1cccc2[nH]ccc12. The van der Waals surface area contributed by atoms with Crippen molar-refractivity contribution in [3.8, 4) is 5.75 Å². The first kappa shape index (κ1) is 21.0. The number of aliphatic hydroxyl groups is 1. The minimum absolute atomic E-state index is 0.0240. The molecule has 166 valence electrons. The number of rotatable bonds is 6. The van der Waals surface area contributed by atoms with Crippen LogP contribution in [0.5, 0.6) is 5.75 Å². The maximum atomic E-state index is 10.7. The molecule has 5 rings (SSSR count). The predicted octanol–water partition coefficient (Wildman–Crippen LogP) is 5.72. The number of H-pyrrole nitrogens is 1. The number of benzene rings is 3. The van der Waals surface area contributed by atoms with Gasteiger partial charge in [-0.3, -0.25) is 4.90 Å². The van der Waals surface area contributed by atoms with Gasteiger partial charge in [-0.15, -0.1) is 0 Å². The van der Waals surface area contributed by atoms with Crippen LogP contribution in [0.3, 0.4) is 0 Å². The molecule has 1 aliphatic rings. The minimum Gasteiger partial charge on any atom is -0.490 e. The second-order valence-corrected chi connectivity index (χ2v) is 9.71. The molecule has 2 heterocycles. The number of nitrogens with one attached hydrogen (secondary N) is 1. The molecule has 32 heavy (non-hydrogen) atoms. The highest BCUT2D eigenvalue weighted by Crippen LogP contribution is 2.38. The molecule has 0 aliphatic carbocycles. The zero-order chi connectivity index (χ0) is 22.1. The van der Waals surface area contributed by atoms with Crippen LogP contribution in [0.2, 0.25) is 0 Å². The van der Waals surface area contributed by atoms with E-state index in [4.69, 9.17) is 4.74 Å². The summed E-state index contributed by atoms with van der Waals surface area (Å²) in [6.07, 6.45) is 3.58. The van der Waals surface area contributed by atoms with Crippen LogP contribution in [0, 0.1) is 0 Å². The molecule has 1 fully saturated rings. The number of likely N-dealkylation sites (tertiary alicyclic amines) is 1. The predicted molar refractivity (Wildman–Crippen MR) is 131 cm³/mol. The van der Waals surface area contributed by atoms with E-state index in [1.54, 1.807) is 0 Å². The summed E-state index contributed by atoms with van der Waals surface area (Å²) in [6.45, 7) is 6.50. The Balaban J connectivity index is 1.21. The van der Waals surface area contributed by atoms with Gasteiger partial charge in [0.1, 0.15) is 18.5 Å². The molecule has 1 saturated heterocycles. The molecule has 2 atom stereocenters. The molecule has 0 spiro atoms. The van der Waals surface area contributed by atoms with E-state index >= 15 is 0 Å². The van der Waals surface area contributed by atoms with Crippen molar-refractivity contribution < 1.29 is 9.84 Å². The number of piperidine rings is 1. The van der Waals surface area contributed by atoms with Crippen molar-refractivity contribution >= 4 is 21.7 Å². The standard InChI is InChI=1S/C28H32N2O2/c1-28(2)17-23(22-11-10-20-6-3-4-7-21(20)16-22)13-15-30(28)18-24(31)19-32-27-9-5-8-26-25(27)12-14-29-26/h3-12,14,16,23-24,29,31H,13,15,17-19H2,1-2H3. The van der Waals surface area contributed by atoms with Crippen molar-refractivity contribution in [2.45, 2.75) is 44.2 Å². The van der Waals surface area contributed by atoms with E-state index < -0.39 is 6.10 Å². The molecule has 0 saturated carbocycles. The van der Waals surface area contributed by atoms with Crippen molar-refractivity contribution in [1.29, 1.82) is 0 Å². The van der Waals surface area contributed by atoms with Crippen LogP contribution in [0.4, 0.5) is 0 Å². The quantitative estimate of drug-likeness (QED) is 0.413. The number of nitrogens with zero attached hydrogens (tertiary/aromatic N) is 1. The van der Waals surface area contributed by atoms with Crippen LogP contribution in [-0.2, 0) is 0 Å². The molecular formula is C28H32N2O2. The number of fused-ring (bicyclic) bond motifs is 2. The van der Waals surface area contributed by atoms with Gasteiger partial charge in [-0.25, -0.2) is 0 Å². The lowest BCUT2D eigenvalue weighted by Gasteiger charge is -2.46. The number of aromatic amines is 1. The van der Waals surface area contributed by atoms with Crippen molar-refractivity contribution in [3.05, 3.63) is 78.5 Å². The third-order valence-corrected chi connectivity index (χ3v) is 7.01. The summed E-state index contributed by atoms with van der Waals surface area (Å²) < 4.78 is 5.98. The largest absolute Gasteiger partial charge is 0.490 e. The fourth-order valence-electron chi connectivity index (χ4n) is 5.21. The van der Waals surface area contributed by atoms with Crippen molar-refractivity contribution in [3.63, 3.8) is 0 Å². The third-order valence-electron chi connectivity index (χ3n) is 7.01. The minimum atomic E-state index is -0.527. The van der Waals surface area contributed by atoms with Gasteiger partial charge < -0.3 is 14.8 Å². The Morgan fingerprint density at radius 2 is 1.91 bits per heavy atom. The van der Waals surface area contributed by atoms with E-state index in [9.17, 15) is 5.11 Å².